The Bertz CT molecular complexity index is 1100. The van der Waals surface area contributed by atoms with E-state index in [9.17, 15) is 0 Å². The Hall–Kier alpha value is -3.06. The highest BCUT2D eigenvalue weighted by Crippen LogP contribution is 2.41. The molecule has 1 aliphatic carbocycles. The summed E-state index contributed by atoms with van der Waals surface area (Å²) >= 11 is 0. The molecule has 0 spiro atoms. The van der Waals surface area contributed by atoms with E-state index in [0.717, 1.165) is 59.2 Å². The molecule has 5 rings (SSSR count). The summed E-state index contributed by atoms with van der Waals surface area (Å²) in [6.07, 6.45) is 9.60. The Kier molecular flexibility index (Phi) is 3.75. The topological polar surface area (TPSA) is 110 Å². The number of nitrogens with zero attached hydrogens (tertiary/aromatic N) is 3. The second-order valence-electron chi connectivity index (χ2n) is 7.39. The van der Waals surface area contributed by atoms with E-state index in [-0.39, 0.29) is 6.04 Å². The maximum atomic E-state index is 6.40. The van der Waals surface area contributed by atoms with Gasteiger partial charge in [-0.05, 0) is 55.9 Å². The van der Waals surface area contributed by atoms with Gasteiger partial charge in [0.05, 0.1) is 5.69 Å². The number of nitrogens with one attached hydrogen (secondary N) is 2. The van der Waals surface area contributed by atoms with Gasteiger partial charge in [0, 0.05) is 46.8 Å². The first-order chi connectivity index (χ1) is 13.2. The molecule has 0 saturated heterocycles. The van der Waals surface area contributed by atoms with E-state index in [1.54, 1.807) is 10.7 Å². The molecule has 0 bridgehead atoms. The number of nitrogen functional groups attached to an aromatic ring is 1. The fraction of sp³-hybridized carbons (Fsp3) is 0.300. The lowest BCUT2D eigenvalue weighted by molar-refractivity contribution is 0.396. The Balaban J connectivity index is 1.62. The Morgan fingerprint density at radius 2 is 2.00 bits per heavy atom. The van der Waals surface area contributed by atoms with Crippen molar-refractivity contribution in [1.82, 2.24) is 19.6 Å². The average Bonchev–Trinajstić information content (AvgIpc) is 3.31. The number of hydrogen-bond acceptors (Lipinski definition) is 5. The van der Waals surface area contributed by atoms with E-state index in [0.29, 0.717) is 11.7 Å². The van der Waals surface area contributed by atoms with Crippen molar-refractivity contribution >= 4 is 33.7 Å². The van der Waals surface area contributed by atoms with Crippen LogP contribution >= 0.6 is 0 Å². The first kappa shape index (κ1) is 16.1. The number of anilines is 3. The molecule has 0 amide bonds. The van der Waals surface area contributed by atoms with Gasteiger partial charge in [-0.1, -0.05) is 0 Å². The molecule has 7 nitrogen and oxygen atoms in total. The molecule has 0 unspecified atom stereocenters. The van der Waals surface area contributed by atoms with Gasteiger partial charge in [0.25, 0.3) is 0 Å². The normalized spacial score (nSPS) is 20.3. The second kappa shape index (κ2) is 6.28. The monoisotopic (exact) mass is 361 g/mol. The van der Waals surface area contributed by atoms with Gasteiger partial charge in [-0.15, -0.1) is 5.10 Å². The maximum absolute atomic E-state index is 6.40. The molecule has 0 radical (unpaired) electrons. The van der Waals surface area contributed by atoms with Crippen molar-refractivity contribution in [3.8, 4) is 0 Å². The zero-order valence-electron chi connectivity index (χ0n) is 15.0. The maximum Gasteiger partial charge on any atom is 0.177 e. The van der Waals surface area contributed by atoms with Gasteiger partial charge in [0.2, 0.25) is 0 Å². The summed E-state index contributed by atoms with van der Waals surface area (Å²) in [7, 11) is 0. The third kappa shape index (κ3) is 2.80. The van der Waals surface area contributed by atoms with Crippen LogP contribution in [0.2, 0.25) is 0 Å². The highest BCUT2D eigenvalue weighted by Gasteiger charge is 2.27. The Labute approximate surface area is 156 Å². The van der Waals surface area contributed by atoms with Crippen LogP contribution in [-0.4, -0.2) is 25.6 Å². The zero-order valence-corrected chi connectivity index (χ0v) is 15.0. The molecule has 7 heteroatoms. The predicted octanol–water partition coefficient (Wildman–Crippen LogP) is 3.52. The highest BCUT2D eigenvalue weighted by atomic mass is 15.3. The number of hydrogen-bond donors (Lipinski definition) is 4. The van der Waals surface area contributed by atoms with Gasteiger partial charge in [0.15, 0.2) is 5.65 Å². The predicted molar refractivity (Wildman–Crippen MR) is 108 cm³/mol. The molecule has 1 aliphatic rings. The lowest BCUT2D eigenvalue weighted by Crippen LogP contribution is -2.26. The zero-order chi connectivity index (χ0) is 18.4. The molecular weight excluding hydrogens is 338 g/mol. The van der Waals surface area contributed by atoms with Crippen LogP contribution in [0.15, 0.2) is 42.9 Å². The second-order valence-corrected chi connectivity index (χ2v) is 7.39. The first-order valence-electron chi connectivity index (χ1n) is 9.41. The number of H-pyrrole nitrogens is 1. The molecule has 0 atom stereocenters. The van der Waals surface area contributed by atoms with Gasteiger partial charge in [-0.2, -0.15) is 0 Å². The van der Waals surface area contributed by atoms with Crippen molar-refractivity contribution in [3.63, 3.8) is 0 Å². The van der Waals surface area contributed by atoms with Crippen LogP contribution in [-0.2, 0) is 0 Å². The summed E-state index contributed by atoms with van der Waals surface area (Å²) in [5.74, 6) is 0.906. The molecule has 3 heterocycles. The smallest absolute Gasteiger partial charge is 0.177 e. The van der Waals surface area contributed by atoms with Crippen molar-refractivity contribution in [2.75, 3.05) is 11.1 Å². The minimum Gasteiger partial charge on any atom is -0.382 e. The molecular formula is C20H23N7. The summed E-state index contributed by atoms with van der Waals surface area (Å²) in [6.45, 7) is 0. The summed E-state index contributed by atoms with van der Waals surface area (Å²) in [5.41, 5.74) is 17.4. The molecule has 1 saturated carbocycles. The van der Waals surface area contributed by atoms with Crippen molar-refractivity contribution in [2.45, 2.75) is 37.6 Å². The van der Waals surface area contributed by atoms with Crippen molar-refractivity contribution in [1.29, 1.82) is 0 Å². The van der Waals surface area contributed by atoms with E-state index in [2.05, 4.69) is 44.6 Å². The van der Waals surface area contributed by atoms with Gasteiger partial charge < -0.3 is 21.8 Å². The van der Waals surface area contributed by atoms with Gasteiger partial charge in [-0.3, -0.25) is 0 Å². The molecule has 6 N–H and O–H groups in total. The Morgan fingerprint density at radius 3 is 2.85 bits per heavy atom. The molecule has 27 heavy (non-hydrogen) atoms. The van der Waals surface area contributed by atoms with E-state index < -0.39 is 0 Å². The van der Waals surface area contributed by atoms with E-state index in [4.69, 9.17) is 11.5 Å². The largest absolute Gasteiger partial charge is 0.382 e. The van der Waals surface area contributed by atoms with E-state index in [1.807, 2.05) is 12.4 Å². The highest BCUT2D eigenvalue weighted by molar-refractivity contribution is 5.87. The minimum atomic E-state index is 0.290. The number of imidazole rings is 1. The molecule has 1 aromatic carbocycles. The van der Waals surface area contributed by atoms with Crippen LogP contribution in [0.4, 0.5) is 17.2 Å². The molecule has 4 aromatic rings. The summed E-state index contributed by atoms with van der Waals surface area (Å²) in [4.78, 5) is 7.76. The van der Waals surface area contributed by atoms with Crippen molar-refractivity contribution in [3.05, 3.63) is 48.4 Å². The van der Waals surface area contributed by atoms with Crippen molar-refractivity contribution in [2.24, 2.45) is 5.73 Å². The standard InChI is InChI=1S/C20H23N7/c21-14-3-1-12(2-4-14)17-18(20-24-9-10-27(20)26-19(17)22)25-15-5-6-16-13(11-15)7-8-23-16/h5-12,14,23,25H,1-4,21H2,(H2,22,26)/t12-,14-. The third-order valence-electron chi connectivity index (χ3n) is 5.61. The lowest BCUT2D eigenvalue weighted by atomic mass is 9.81. The lowest BCUT2D eigenvalue weighted by Gasteiger charge is -2.28. The first-order valence-corrected chi connectivity index (χ1v) is 9.41. The molecule has 0 aliphatic heterocycles. The van der Waals surface area contributed by atoms with Crippen LogP contribution in [0.5, 0.6) is 0 Å². The Morgan fingerprint density at radius 1 is 1.15 bits per heavy atom. The quantitative estimate of drug-likeness (QED) is 0.446. The fourth-order valence-corrected chi connectivity index (χ4v) is 4.19. The minimum absolute atomic E-state index is 0.290. The summed E-state index contributed by atoms with van der Waals surface area (Å²) < 4.78 is 1.74. The van der Waals surface area contributed by atoms with Crippen LogP contribution in [0.25, 0.3) is 16.6 Å². The number of rotatable bonds is 3. The number of aromatic amines is 1. The van der Waals surface area contributed by atoms with Gasteiger partial charge >= 0.3 is 0 Å². The number of fused-ring (bicyclic) bond motifs is 2. The van der Waals surface area contributed by atoms with E-state index in [1.165, 1.54) is 0 Å². The number of aromatic nitrogens is 4. The molecule has 3 aromatic heterocycles. The number of benzene rings is 1. The van der Waals surface area contributed by atoms with Crippen molar-refractivity contribution < 1.29 is 0 Å². The summed E-state index contributed by atoms with van der Waals surface area (Å²) in [6, 6.07) is 8.62. The molecule has 1 fully saturated rings. The number of nitrogens with two attached hydrogens (primary N) is 2. The van der Waals surface area contributed by atoms with Crippen LogP contribution in [0, 0.1) is 0 Å². The van der Waals surface area contributed by atoms with Crippen LogP contribution in [0.1, 0.15) is 37.2 Å². The molecule has 138 valence electrons. The van der Waals surface area contributed by atoms with Gasteiger partial charge in [0.1, 0.15) is 5.82 Å². The fourth-order valence-electron chi connectivity index (χ4n) is 4.19. The van der Waals surface area contributed by atoms with E-state index >= 15 is 0 Å². The van der Waals surface area contributed by atoms with Crippen LogP contribution in [0.3, 0.4) is 0 Å². The van der Waals surface area contributed by atoms with Gasteiger partial charge in [-0.25, -0.2) is 9.50 Å². The third-order valence-corrected chi connectivity index (χ3v) is 5.61. The average molecular weight is 361 g/mol. The summed E-state index contributed by atoms with van der Waals surface area (Å²) in [5, 5.41) is 9.27. The SMILES string of the molecule is Nc1nn2ccnc2c(Nc2ccc3[nH]ccc3c2)c1[C@H]1CC[C@H](N)CC1. The van der Waals surface area contributed by atoms with Crippen LogP contribution < -0.4 is 16.8 Å².